The van der Waals surface area contributed by atoms with E-state index in [0.29, 0.717) is 51.7 Å². The van der Waals surface area contributed by atoms with E-state index < -0.39 is 0 Å². The first kappa shape index (κ1) is 24.8. The molecule has 10 heteroatoms. The fourth-order valence-corrected chi connectivity index (χ4v) is 4.47. The standard InChI is InChI=1S/C23H23BrN2O6S/c1-30-10-6-9-26-22(28)19(33-23(26)29)13-15-11-17(24)21(18(12-15)31-2)32-14-20(27)25-16-7-4-3-5-8-16/h3-5,7-8,11-13H,6,9-10,14H2,1-2H3,(H,25,27)/b19-13+. The minimum Gasteiger partial charge on any atom is -0.493 e. The summed E-state index contributed by atoms with van der Waals surface area (Å²) in [5, 5.41) is 2.44. The molecule has 1 N–H and O–H groups in total. The molecule has 1 aliphatic heterocycles. The van der Waals surface area contributed by atoms with E-state index in [0.717, 1.165) is 11.8 Å². The highest BCUT2D eigenvalue weighted by Gasteiger charge is 2.34. The number of hydrogen-bond donors (Lipinski definition) is 1. The molecular weight excluding hydrogens is 512 g/mol. The van der Waals surface area contributed by atoms with Crippen molar-refractivity contribution in [1.82, 2.24) is 4.90 Å². The quantitative estimate of drug-likeness (QED) is 0.353. The number of imide groups is 1. The Labute approximate surface area is 204 Å². The second-order valence-corrected chi connectivity index (χ2v) is 8.76. The number of hydrogen-bond acceptors (Lipinski definition) is 7. The van der Waals surface area contributed by atoms with Crippen molar-refractivity contribution in [2.75, 3.05) is 39.3 Å². The van der Waals surface area contributed by atoms with Crippen molar-refractivity contribution in [1.29, 1.82) is 0 Å². The van der Waals surface area contributed by atoms with E-state index in [2.05, 4.69) is 21.2 Å². The summed E-state index contributed by atoms with van der Waals surface area (Å²) < 4.78 is 16.6. The lowest BCUT2D eigenvalue weighted by atomic mass is 10.2. The molecule has 0 bridgehead atoms. The molecule has 1 fully saturated rings. The first-order valence-electron chi connectivity index (χ1n) is 10.0. The maximum Gasteiger partial charge on any atom is 0.293 e. The average Bonchev–Trinajstić information content (AvgIpc) is 3.06. The van der Waals surface area contributed by atoms with Crippen molar-refractivity contribution < 1.29 is 28.6 Å². The molecular formula is C23H23BrN2O6S. The van der Waals surface area contributed by atoms with Crippen molar-refractivity contribution in [3.05, 3.63) is 57.4 Å². The Balaban J connectivity index is 1.70. The summed E-state index contributed by atoms with van der Waals surface area (Å²) in [4.78, 5) is 38.5. The number of nitrogens with one attached hydrogen (secondary N) is 1. The van der Waals surface area contributed by atoms with Gasteiger partial charge in [-0.25, -0.2) is 0 Å². The van der Waals surface area contributed by atoms with E-state index in [4.69, 9.17) is 14.2 Å². The van der Waals surface area contributed by atoms with Crippen LogP contribution in [-0.4, -0.2) is 55.9 Å². The van der Waals surface area contributed by atoms with Crippen LogP contribution in [0.5, 0.6) is 11.5 Å². The first-order chi connectivity index (χ1) is 15.9. The largest absolute Gasteiger partial charge is 0.493 e. The zero-order valence-electron chi connectivity index (χ0n) is 18.1. The summed E-state index contributed by atoms with van der Waals surface area (Å²) in [5.74, 6) is 0.0727. The second-order valence-electron chi connectivity index (χ2n) is 6.92. The lowest BCUT2D eigenvalue weighted by Gasteiger charge is -2.14. The summed E-state index contributed by atoms with van der Waals surface area (Å²) in [7, 11) is 3.05. The molecule has 3 amide bonds. The first-order valence-corrected chi connectivity index (χ1v) is 11.6. The minimum absolute atomic E-state index is 0.219. The molecule has 0 radical (unpaired) electrons. The van der Waals surface area contributed by atoms with Gasteiger partial charge in [0.15, 0.2) is 18.1 Å². The molecule has 8 nitrogen and oxygen atoms in total. The zero-order valence-corrected chi connectivity index (χ0v) is 20.5. The number of ether oxygens (including phenoxy) is 3. The predicted octanol–water partition coefficient (Wildman–Crippen LogP) is 4.55. The molecule has 1 heterocycles. The smallest absolute Gasteiger partial charge is 0.293 e. The topological polar surface area (TPSA) is 94.2 Å². The minimum atomic E-state index is -0.339. The number of carbonyl (C=O) groups is 3. The molecule has 0 aliphatic carbocycles. The summed E-state index contributed by atoms with van der Waals surface area (Å²) >= 11 is 4.33. The average molecular weight is 535 g/mol. The van der Waals surface area contributed by atoms with E-state index in [1.807, 2.05) is 18.2 Å². The molecule has 0 saturated carbocycles. The van der Waals surface area contributed by atoms with Gasteiger partial charge in [-0.15, -0.1) is 0 Å². The number of methoxy groups -OCH3 is 2. The molecule has 3 rings (SSSR count). The maximum atomic E-state index is 12.6. The van der Waals surface area contributed by atoms with Gasteiger partial charge in [0.1, 0.15) is 0 Å². The molecule has 0 aromatic heterocycles. The number of halogens is 1. The van der Waals surface area contributed by atoms with Gasteiger partial charge in [0, 0.05) is 25.9 Å². The van der Waals surface area contributed by atoms with E-state index in [1.54, 1.807) is 37.5 Å². The van der Waals surface area contributed by atoms with Crippen LogP contribution in [0.2, 0.25) is 0 Å². The lowest BCUT2D eigenvalue weighted by Crippen LogP contribution is -2.29. The van der Waals surface area contributed by atoms with E-state index in [-0.39, 0.29) is 23.7 Å². The highest BCUT2D eigenvalue weighted by Crippen LogP contribution is 2.39. The number of nitrogens with zero attached hydrogens (tertiary/aromatic N) is 1. The second kappa shape index (κ2) is 11.9. The third-order valence-electron chi connectivity index (χ3n) is 4.56. The molecule has 0 unspecified atom stereocenters. The van der Waals surface area contributed by atoms with Crippen LogP contribution in [0.4, 0.5) is 10.5 Å². The van der Waals surface area contributed by atoms with Gasteiger partial charge in [-0.3, -0.25) is 19.3 Å². The maximum absolute atomic E-state index is 12.6. The number of rotatable bonds is 10. The Hall–Kier alpha value is -2.82. The van der Waals surface area contributed by atoms with Gasteiger partial charge in [-0.05, 0) is 70.0 Å². The van der Waals surface area contributed by atoms with Gasteiger partial charge < -0.3 is 19.5 Å². The molecule has 1 aliphatic rings. The number of benzene rings is 2. The van der Waals surface area contributed by atoms with Crippen LogP contribution in [0.1, 0.15) is 12.0 Å². The Morgan fingerprint density at radius 2 is 1.94 bits per heavy atom. The van der Waals surface area contributed by atoms with E-state index in [9.17, 15) is 14.4 Å². The fourth-order valence-electron chi connectivity index (χ4n) is 3.03. The van der Waals surface area contributed by atoms with Gasteiger partial charge in [-0.1, -0.05) is 18.2 Å². The molecule has 0 atom stereocenters. The van der Waals surface area contributed by atoms with Gasteiger partial charge in [-0.2, -0.15) is 0 Å². The van der Waals surface area contributed by atoms with Crippen molar-refractivity contribution in [3.8, 4) is 11.5 Å². The highest BCUT2D eigenvalue weighted by molar-refractivity contribution is 9.10. The van der Waals surface area contributed by atoms with E-state index >= 15 is 0 Å². The van der Waals surface area contributed by atoms with Crippen LogP contribution in [0, 0.1) is 0 Å². The fraction of sp³-hybridized carbons (Fsp3) is 0.261. The SMILES string of the molecule is COCCCN1C(=O)S/C(=C/c2cc(Br)c(OCC(=O)Nc3ccccc3)c(OC)c2)C1=O. The van der Waals surface area contributed by atoms with Crippen LogP contribution in [-0.2, 0) is 14.3 Å². The van der Waals surface area contributed by atoms with Crippen LogP contribution < -0.4 is 14.8 Å². The Kier molecular flexibility index (Phi) is 8.93. The van der Waals surface area contributed by atoms with Gasteiger partial charge in [0.25, 0.3) is 17.1 Å². The third-order valence-corrected chi connectivity index (χ3v) is 6.05. The van der Waals surface area contributed by atoms with Crippen LogP contribution in [0.25, 0.3) is 6.08 Å². The third kappa shape index (κ3) is 6.59. The molecule has 33 heavy (non-hydrogen) atoms. The van der Waals surface area contributed by atoms with Crippen molar-refractivity contribution in [3.63, 3.8) is 0 Å². The molecule has 0 spiro atoms. The number of carbonyl (C=O) groups excluding carboxylic acids is 3. The van der Waals surface area contributed by atoms with Crippen LogP contribution >= 0.6 is 27.7 Å². The van der Waals surface area contributed by atoms with Crippen LogP contribution in [0.3, 0.4) is 0 Å². The van der Waals surface area contributed by atoms with Gasteiger partial charge in [0.2, 0.25) is 0 Å². The summed E-state index contributed by atoms with van der Waals surface area (Å²) in [6.45, 7) is 0.556. The summed E-state index contributed by atoms with van der Waals surface area (Å²) in [6.07, 6.45) is 2.20. The molecule has 2 aromatic carbocycles. The summed E-state index contributed by atoms with van der Waals surface area (Å²) in [6, 6.07) is 12.5. The van der Waals surface area contributed by atoms with Crippen molar-refractivity contribution in [2.24, 2.45) is 0 Å². The van der Waals surface area contributed by atoms with Crippen molar-refractivity contribution in [2.45, 2.75) is 6.42 Å². The summed E-state index contributed by atoms with van der Waals surface area (Å²) in [5.41, 5.74) is 1.31. The molecule has 1 saturated heterocycles. The molecule has 174 valence electrons. The predicted molar refractivity (Wildman–Crippen MR) is 130 cm³/mol. The number of para-hydroxylation sites is 1. The normalized spacial score (nSPS) is 14.6. The number of anilines is 1. The highest BCUT2D eigenvalue weighted by atomic mass is 79.9. The van der Waals surface area contributed by atoms with Crippen LogP contribution in [0.15, 0.2) is 51.8 Å². The van der Waals surface area contributed by atoms with Gasteiger partial charge >= 0.3 is 0 Å². The number of amides is 3. The van der Waals surface area contributed by atoms with E-state index in [1.165, 1.54) is 12.0 Å². The molecule has 2 aromatic rings. The zero-order chi connectivity index (χ0) is 23.8. The number of thioether (sulfide) groups is 1. The van der Waals surface area contributed by atoms with Gasteiger partial charge in [0.05, 0.1) is 16.5 Å². The van der Waals surface area contributed by atoms with Crippen molar-refractivity contribution >= 4 is 56.5 Å². The Morgan fingerprint density at radius 3 is 2.64 bits per heavy atom. The Bertz CT molecular complexity index is 1060. The Morgan fingerprint density at radius 1 is 1.18 bits per heavy atom. The monoisotopic (exact) mass is 534 g/mol. The lowest BCUT2D eigenvalue weighted by molar-refractivity contribution is -0.123.